The lowest BCUT2D eigenvalue weighted by Crippen LogP contribution is -2.31. The number of nitrogens with one attached hydrogen (secondary N) is 1. The number of alkyl halides is 2. The topological polar surface area (TPSA) is 91.4 Å². The quantitative estimate of drug-likeness (QED) is 0.357. The number of fused-ring (bicyclic) bond motifs is 2. The third kappa shape index (κ3) is 5.10. The molecule has 0 spiro atoms. The number of ether oxygens (including phenoxy) is 2. The van der Waals surface area contributed by atoms with Gasteiger partial charge in [-0.3, -0.25) is 0 Å². The van der Waals surface area contributed by atoms with E-state index in [0.29, 0.717) is 47.9 Å². The Hall–Kier alpha value is -3.18. The molecule has 5 rings (SSSR count). The molecule has 1 aliphatic carbocycles. The van der Waals surface area contributed by atoms with Crippen LogP contribution in [0.2, 0.25) is 0 Å². The number of pyridine rings is 1. The van der Waals surface area contributed by atoms with Crippen LogP contribution in [0.1, 0.15) is 31.5 Å². The third-order valence-electron chi connectivity index (χ3n) is 6.44. The van der Waals surface area contributed by atoms with Crippen molar-refractivity contribution in [2.45, 2.75) is 57.7 Å². The highest BCUT2D eigenvalue weighted by Crippen LogP contribution is 2.27. The van der Waals surface area contributed by atoms with Crippen LogP contribution in [0.5, 0.6) is 0 Å². The normalized spacial score (nSPS) is 18.7. The van der Waals surface area contributed by atoms with Crippen molar-refractivity contribution in [3.05, 3.63) is 36.4 Å². The molecule has 0 aliphatic heterocycles. The van der Waals surface area contributed by atoms with E-state index < -0.39 is 13.0 Å². The maximum absolute atomic E-state index is 13.1. The Balaban J connectivity index is 1.31. The van der Waals surface area contributed by atoms with Crippen LogP contribution in [0, 0.1) is 6.92 Å². The van der Waals surface area contributed by atoms with Crippen molar-refractivity contribution in [1.29, 1.82) is 0 Å². The van der Waals surface area contributed by atoms with Crippen LogP contribution >= 0.6 is 0 Å². The van der Waals surface area contributed by atoms with Crippen LogP contribution < -0.4 is 5.32 Å². The monoisotopic (exact) mass is 485 g/mol. The molecule has 11 heteroatoms. The summed E-state index contributed by atoms with van der Waals surface area (Å²) in [6.45, 7) is 2.52. The van der Waals surface area contributed by atoms with Gasteiger partial charge in [-0.15, -0.1) is 5.10 Å². The third-order valence-corrected chi connectivity index (χ3v) is 6.44. The maximum atomic E-state index is 13.1. The summed E-state index contributed by atoms with van der Waals surface area (Å²) >= 11 is 0. The molecule has 1 aliphatic rings. The zero-order valence-electron chi connectivity index (χ0n) is 19.8. The summed E-state index contributed by atoms with van der Waals surface area (Å²) in [5.74, 6) is 1.08. The van der Waals surface area contributed by atoms with Crippen molar-refractivity contribution in [2.24, 2.45) is 0 Å². The lowest BCUT2D eigenvalue weighted by Gasteiger charge is -2.29. The first kappa shape index (κ1) is 23.6. The minimum absolute atomic E-state index is 0.282. The summed E-state index contributed by atoms with van der Waals surface area (Å²) < 4.78 is 40.2. The number of rotatable bonds is 9. The smallest absolute Gasteiger partial charge is 0.256 e. The Bertz CT molecular complexity index is 1300. The van der Waals surface area contributed by atoms with Crippen molar-refractivity contribution in [3.63, 3.8) is 0 Å². The van der Waals surface area contributed by atoms with Crippen molar-refractivity contribution in [3.8, 4) is 11.3 Å². The number of aromatic nitrogens is 6. The zero-order chi connectivity index (χ0) is 24.4. The summed E-state index contributed by atoms with van der Waals surface area (Å²) in [7, 11) is 1.68. The summed E-state index contributed by atoms with van der Waals surface area (Å²) in [5.41, 5.74) is 3.31. The minimum Gasteiger partial charge on any atom is -0.382 e. The SMILES string of the molecule is COCCOC1CCC(Nc2ncc3c(-c4ccc5nc(C)n(CC(F)F)c5n4)ccn3n2)CC1. The average molecular weight is 486 g/mol. The molecule has 4 heterocycles. The first-order chi connectivity index (χ1) is 17.0. The van der Waals surface area contributed by atoms with Gasteiger partial charge in [-0.1, -0.05) is 0 Å². The number of hydrogen-bond donors (Lipinski definition) is 1. The lowest BCUT2D eigenvalue weighted by atomic mass is 9.93. The fourth-order valence-corrected chi connectivity index (χ4v) is 4.66. The molecule has 4 aromatic heterocycles. The average Bonchev–Trinajstić information content (AvgIpc) is 3.40. The standard InChI is InChI=1S/C24H29F2N7O2/c1-15-28-20-8-7-19(30-23(20)32(15)14-22(25)26)18-9-10-33-21(18)13-27-24(31-33)29-16-3-5-17(6-4-16)35-12-11-34-2/h7-10,13,16-17,22H,3-6,11-12,14H2,1-2H3,(H,29,31). The predicted molar refractivity (Wildman–Crippen MR) is 128 cm³/mol. The van der Waals surface area contributed by atoms with Crippen molar-refractivity contribution in [2.75, 3.05) is 25.6 Å². The van der Waals surface area contributed by atoms with E-state index in [2.05, 4.69) is 25.4 Å². The van der Waals surface area contributed by atoms with Crippen LogP contribution in [-0.2, 0) is 16.0 Å². The molecule has 0 atom stereocenters. The Labute approximate surface area is 201 Å². The molecule has 0 bridgehead atoms. The van der Waals surface area contributed by atoms with Gasteiger partial charge in [-0.25, -0.2) is 28.2 Å². The van der Waals surface area contributed by atoms with Gasteiger partial charge in [0.05, 0.1) is 43.3 Å². The van der Waals surface area contributed by atoms with Gasteiger partial charge in [0.1, 0.15) is 11.3 Å². The van der Waals surface area contributed by atoms with Gasteiger partial charge in [-0.2, -0.15) is 0 Å². The molecular weight excluding hydrogens is 456 g/mol. The minimum atomic E-state index is -2.48. The molecule has 1 N–H and O–H groups in total. The van der Waals surface area contributed by atoms with Crippen molar-refractivity contribution in [1.82, 2.24) is 29.1 Å². The van der Waals surface area contributed by atoms with Crippen LogP contribution in [-0.4, -0.2) is 68.0 Å². The first-order valence-electron chi connectivity index (χ1n) is 11.9. The number of imidazole rings is 1. The van der Waals surface area contributed by atoms with Gasteiger partial charge in [0.25, 0.3) is 6.43 Å². The largest absolute Gasteiger partial charge is 0.382 e. The van der Waals surface area contributed by atoms with Gasteiger partial charge in [-0.05, 0) is 50.8 Å². The molecular formula is C24H29F2N7O2. The lowest BCUT2D eigenvalue weighted by molar-refractivity contribution is -0.00158. The zero-order valence-corrected chi connectivity index (χ0v) is 19.8. The van der Waals surface area contributed by atoms with Crippen molar-refractivity contribution >= 4 is 22.6 Å². The van der Waals surface area contributed by atoms with E-state index in [9.17, 15) is 8.78 Å². The Morgan fingerprint density at radius 1 is 1.11 bits per heavy atom. The molecule has 35 heavy (non-hydrogen) atoms. The number of aryl methyl sites for hydroxylation is 1. The first-order valence-corrected chi connectivity index (χ1v) is 11.9. The molecule has 0 radical (unpaired) electrons. The van der Waals surface area contributed by atoms with Crippen LogP contribution in [0.4, 0.5) is 14.7 Å². The van der Waals surface area contributed by atoms with E-state index in [1.807, 2.05) is 24.4 Å². The highest BCUT2D eigenvalue weighted by atomic mass is 19.3. The van der Waals surface area contributed by atoms with Crippen LogP contribution in [0.15, 0.2) is 30.6 Å². The Kier molecular flexibility index (Phi) is 6.87. The van der Waals surface area contributed by atoms with E-state index in [1.165, 1.54) is 4.57 Å². The Morgan fingerprint density at radius 2 is 1.94 bits per heavy atom. The Morgan fingerprint density at radius 3 is 2.71 bits per heavy atom. The number of methoxy groups -OCH3 is 1. The number of nitrogens with zero attached hydrogens (tertiary/aromatic N) is 6. The molecule has 1 saturated carbocycles. The second-order valence-corrected chi connectivity index (χ2v) is 8.82. The van der Waals surface area contributed by atoms with E-state index in [0.717, 1.165) is 36.8 Å². The van der Waals surface area contributed by atoms with Crippen LogP contribution in [0.25, 0.3) is 27.9 Å². The number of halogens is 2. The summed E-state index contributed by atoms with van der Waals surface area (Å²) in [4.78, 5) is 13.5. The molecule has 0 unspecified atom stereocenters. The fourth-order valence-electron chi connectivity index (χ4n) is 4.66. The maximum Gasteiger partial charge on any atom is 0.256 e. The van der Waals surface area contributed by atoms with Crippen molar-refractivity contribution < 1.29 is 18.3 Å². The summed E-state index contributed by atoms with van der Waals surface area (Å²) in [6.07, 6.45) is 5.38. The molecule has 0 aromatic carbocycles. The second-order valence-electron chi connectivity index (χ2n) is 8.82. The number of anilines is 1. The molecule has 186 valence electrons. The van der Waals surface area contributed by atoms with E-state index in [-0.39, 0.29) is 6.10 Å². The summed E-state index contributed by atoms with van der Waals surface area (Å²) in [5, 5.41) is 8.06. The van der Waals surface area contributed by atoms with Gasteiger partial charge >= 0.3 is 0 Å². The molecule has 0 amide bonds. The highest BCUT2D eigenvalue weighted by Gasteiger charge is 2.22. The fraction of sp³-hybridized carbons (Fsp3) is 0.500. The number of hydrogen-bond acceptors (Lipinski definition) is 7. The van der Waals surface area contributed by atoms with Gasteiger partial charge in [0.2, 0.25) is 5.95 Å². The van der Waals surface area contributed by atoms with Gasteiger partial charge in [0, 0.05) is 24.9 Å². The highest BCUT2D eigenvalue weighted by molar-refractivity contribution is 5.82. The molecule has 9 nitrogen and oxygen atoms in total. The van der Waals surface area contributed by atoms with E-state index >= 15 is 0 Å². The van der Waals surface area contributed by atoms with Gasteiger partial charge in [0.15, 0.2) is 5.65 Å². The molecule has 4 aromatic rings. The van der Waals surface area contributed by atoms with Gasteiger partial charge < -0.3 is 19.4 Å². The molecule has 1 fully saturated rings. The van der Waals surface area contributed by atoms with E-state index in [1.54, 1.807) is 24.7 Å². The van der Waals surface area contributed by atoms with E-state index in [4.69, 9.17) is 9.47 Å². The predicted octanol–water partition coefficient (Wildman–Crippen LogP) is 4.10. The molecule has 0 saturated heterocycles. The van der Waals surface area contributed by atoms with Crippen LogP contribution in [0.3, 0.4) is 0 Å². The second kappa shape index (κ2) is 10.2. The summed E-state index contributed by atoms with van der Waals surface area (Å²) in [6, 6.07) is 5.86.